The van der Waals surface area contributed by atoms with Crippen LogP contribution in [-0.2, 0) is 15.7 Å². The molecule has 0 saturated heterocycles. The number of nitrogens with zero attached hydrogens (tertiary/aromatic N) is 6. The normalized spacial score (nSPS) is 12.3. The van der Waals surface area contributed by atoms with Gasteiger partial charge in [-0.2, -0.15) is 18.4 Å². The highest BCUT2D eigenvalue weighted by atomic mass is 19.4. The van der Waals surface area contributed by atoms with Crippen LogP contribution in [-0.4, -0.2) is 30.9 Å². The quantitative estimate of drug-likeness (QED) is 0.517. The lowest BCUT2D eigenvalue weighted by molar-refractivity contribution is -0.154. The van der Waals surface area contributed by atoms with Crippen molar-refractivity contribution in [1.29, 1.82) is 5.26 Å². The maximum atomic E-state index is 13.0. The minimum Gasteiger partial charge on any atom is -0.438 e. The molecule has 1 atom stereocenters. The molecule has 0 spiro atoms. The molecular weight excluding hydrogens is 425 g/mol. The van der Waals surface area contributed by atoms with E-state index in [2.05, 4.69) is 20.2 Å². The summed E-state index contributed by atoms with van der Waals surface area (Å²) >= 11 is 0. The van der Waals surface area contributed by atoms with E-state index in [9.17, 15) is 23.2 Å². The van der Waals surface area contributed by atoms with E-state index < -0.39 is 24.1 Å². The van der Waals surface area contributed by atoms with E-state index in [0.717, 1.165) is 17.1 Å². The van der Waals surface area contributed by atoms with Crippen LogP contribution in [0.5, 0.6) is 0 Å². The number of rotatable bonds is 6. The molecular formula is C21H19F3N6O2. The Labute approximate surface area is 181 Å². The zero-order chi connectivity index (χ0) is 23.5. The Hall–Kier alpha value is -3.81. The molecule has 0 radical (unpaired) electrons. The monoisotopic (exact) mass is 444 g/mol. The summed E-state index contributed by atoms with van der Waals surface area (Å²) in [7, 11) is 0. The molecule has 0 amide bonds. The summed E-state index contributed by atoms with van der Waals surface area (Å²) in [5.41, 5.74) is 0.576. The van der Waals surface area contributed by atoms with Gasteiger partial charge < -0.3 is 4.74 Å². The lowest BCUT2D eigenvalue weighted by atomic mass is 10.0. The second-order valence-corrected chi connectivity index (χ2v) is 7.02. The molecule has 3 rings (SSSR count). The number of hydrogen-bond donors (Lipinski definition) is 0. The molecule has 8 nitrogen and oxygen atoms in total. The fourth-order valence-corrected chi connectivity index (χ4v) is 2.96. The number of carbonyl (C=O) groups is 1. The van der Waals surface area contributed by atoms with Gasteiger partial charge in [0, 0.05) is 23.7 Å². The lowest BCUT2D eigenvalue weighted by Gasteiger charge is -2.11. The van der Waals surface area contributed by atoms with Crippen molar-refractivity contribution in [3.63, 3.8) is 0 Å². The molecule has 11 heteroatoms. The number of aromatic nitrogens is 5. The van der Waals surface area contributed by atoms with Gasteiger partial charge in [0.2, 0.25) is 6.23 Å². The van der Waals surface area contributed by atoms with E-state index in [1.165, 1.54) is 6.07 Å². The Morgan fingerprint density at radius 3 is 2.62 bits per heavy atom. The van der Waals surface area contributed by atoms with Crippen molar-refractivity contribution in [2.75, 3.05) is 0 Å². The highest BCUT2D eigenvalue weighted by molar-refractivity contribution is 5.72. The third-order valence-corrected chi connectivity index (χ3v) is 4.37. The van der Waals surface area contributed by atoms with Crippen LogP contribution < -0.4 is 0 Å². The van der Waals surface area contributed by atoms with E-state index in [1.807, 2.05) is 13.0 Å². The molecule has 1 unspecified atom stereocenters. The topological polar surface area (TPSA) is 107 Å². The van der Waals surface area contributed by atoms with Crippen molar-refractivity contribution in [2.45, 2.75) is 46.0 Å². The molecule has 166 valence electrons. The number of carbonyl (C=O) groups excluding carboxylic acids is 1. The average molecular weight is 444 g/mol. The van der Waals surface area contributed by atoms with E-state index in [4.69, 9.17) is 4.74 Å². The van der Waals surface area contributed by atoms with Gasteiger partial charge in [0.1, 0.15) is 17.5 Å². The molecule has 32 heavy (non-hydrogen) atoms. The van der Waals surface area contributed by atoms with Crippen molar-refractivity contribution in [1.82, 2.24) is 25.0 Å². The van der Waals surface area contributed by atoms with E-state index in [-0.39, 0.29) is 23.6 Å². The number of esters is 1. The van der Waals surface area contributed by atoms with Gasteiger partial charge in [-0.05, 0) is 50.1 Å². The highest BCUT2D eigenvalue weighted by Gasteiger charge is 2.33. The fraction of sp³-hybridized carbons (Fsp3) is 0.333. The Morgan fingerprint density at radius 1 is 1.25 bits per heavy atom. The van der Waals surface area contributed by atoms with Crippen molar-refractivity contribution in [3.8, 4) is 28.7 Å². The van der Waals surface area contributed by atoms with Crippen LogP contribution >= 0.6 is 0 Å². The number of benzene rings is 1. The maximum absolute atomic E-state index is 13.0. The molecule has 0 N–H and O–H groups in total. The zero-order valence-corrected chi connectivity index (χ0v) is 17.5. The predicted octanol–water partition coefficient (Wildman–Crippen LogP) is 4.46. The molecule has 1 aromatic carbocycles. The first-order chi connectivity index (χ1) is 15.1. The van der Waals surface area contributed by atoms with Gasteiger partial charge in [-0.1, -0.05) is 6.92 Å². The molecule has 0 aliphatic heterocycles. The highest BCUT2D eigenvalue weighted by Crippen LogP contribution is 2.31. The van der Waals surface area contributed by atoms with Crippen LogP contribution in [0.4, 0.5) is 13.2 Å². The SMILES string of the molecule is CCCC(=O)OC(C)n1nc(C#N)c(-c2cc(C)cc(-c3nccc(C(F)(F)F)n3)c2)n1. The molecule has 2 heterocycles. The van der Waals surface area contributed by atoms with Gasteiger partial charge in [0.15, 0.2) is 11.5 Å². The Balaban J connectivity index is 2.01. The maximum Gasteiger partial charge on any atom is 0.433 e. The molecule has 3 aromatic rings. The standard InChI is InChI=1S/C21H19F3N6O2/c1-4-5-18(31)32-13(3)30-28-16(11-25)19(29-30)14-8-12(2)9-15(10-14)20-26-7-6-17(27-20)21(22,23)24/h6-10,13H,4-5H2,1-3H3. The third-order valence-electron chi connectivity index (χ3n) is 4.37. The van der Waals surface area contributed by atoms with Crippen LogP contribution in [0.25, 0.3) is 22.6 Å². The van der Waals surface area contributed by atoms with Crippen molar-refractivity contribution in [2.24, 2.45) is 0 Å². The van der Waals surface area contributed by atoms with Gasteiger partial charge in [0.05, 0.1) is 0 Å². The molecule has 0 aliphatic rings. The van der Waals surface area contributed by atoms with E-state index >= 15 is 0 Å². The summed E-state index contributed by atoms with van der Waals surface area (Å²) in [6, 6.07) is 7.60. The molecule has 2 aromatic heterocycles. The van der Waals surface area contributed by atoms with Crippen LogP contribution in [0.2, 0.25) is 0 Å². The Bertz CT molecular complexity index is 1180. The van der Waals surface area contributed by atoms with Gasteiger partial charge >= 0.3 is 12.1 Å². The first kappa shape index (κ1) is 22.9. The average Bonchev–Trinajstić information content (AvgIpc) is 3.18. The van der Waals surface area contributed by atoms with Gasteiger partial charge in [-0.3, -0.25) is 4.79 Å². The summed E-state index contributed by atoms with van der Waals surface area (Å²) in [6.45, 7) is 5.15. The molecule has 0 bridgehead atoms. The second-order valence-electron chi connectivity index (χ2n) is 7.02. The molecule has 0 aliphatic carbocycles. The summed E-state index contributed by atoms with van der Waals surface area (Å²) in [6.07, 6.45) is -3.55. The van der Waals surface area contributed by atoms with Crippen LogP contribution in [0.3, 0.4) is 0 Å². The number of ether oxygens (including phenoxy) is 1. The summed E-state index contributed by atoms with van der Waals surface area (Å²) in [5.74, 6) is -0.533. The number of nitriles is 1. The predicted molar refractivity (Wildman–Crippen MR) is 107 cm³/mol. The van der Waals surface area contributed by atoms with Gasteiger partial charge in [-0.15, -0.1) is 15.0 Å². The summed E-state index contributed by atoms with van der Waals surface area (Å²) in [4.78, 5) is 20.4. The first-order valence-corrected chi connectivity index (χ1v) is 9.71. The molecule has 0 saturated carbocycles. The lowest BCUT2D eigenvalue weighted by Crippen LogP contribution is -2.16. The smallest absolute Gasteiger partial charge is 0.433 e. The summed E-state index contributed by atoms with van der Waals surface area (Å²) in [5, 5.41) is 17.9. The number of hydrogen-bond acceptors (Lipinski definition) is 7. The van der Waals surface area contributed by atoms with Crippen LogP contribution in [0.15, 0.2) is 30.5 Å². The van der Waals surface area contributed by atoms with Crippen molar-refractivity contribution >= 4 is 5.97 Å². The first-order valence-electron chi connectivity index (χ1n) is 9.71. The zero-order valence-electron chi connectivity index (χ0n) is 17.5. The van der Waals surface area contributed by atoms with Crippen LogP contribution in [0, 0.1) is 18.3 Å². The minimum atomic E-state index is -4.60. The molecule has 0 fully saturated rings. The van der Waals surface area contributed by atoms with Crippen molar-refractivity contribution in [3.05, 3.63) is 47.4 Å². The van der Waals surface area contributed by atoms with E-state index in [0.29, 0.717) is 23.1 Å². The van der Waals surface area contributed by atoms with Gasteiger partial charge in [-0.25, -0.2) is 9.97 Å². The number of halogens is 3. The fourth-order valence-electron chi connectivity index (χ4n) is 2.96. The van der Waals surface area contributed by atoms with E-state index in [1.54, 1.807) is 26.0 Å². The Kier molecular flexibility index (Phi) is 6.53. The van der Waals surface area contributed by atoms with Crippen molar-refractivity contribution < 1.29 is 22.7 Å². The van der Waals surface area contributed by atoms with Gasteiger partial charge in [0.25, 0.3) is 0 Å². The number of alkyl halides is 3. The second kappa shape index (κ2) is 9.13. The Morgan fingerprint density at radius 2 is 1.97 bits per heavy atom. The largest absolute Gasteiger partial charge is 0.438 e. The minimum absolute atomic E-state index is 0.0232. The number of aryl methyl sites for hydroxylation is 1. The summed E-state index contributed by atoms with van der Waals surface area (Å²) < 4.78 is 44.4. The van der Waals surface area contributed by atoms with Crippen LogP contribution in [0.1, 0.15) is 49.9 Å². The third kappa shape index (κ3) is 5.08.